The molecular formula is C43H62N6S2. The molecule has 1 aromatic carbocycles. The van der Waals surface area contributed by atoms with E-state index in [-0.39, 0.29) is 5.92 Å². The number of unbranched alkanes of at least 4 members (excludes halogenated alkanes) is 1. The van der Waals surface area contributed by atoms with Crippen molar-refractivity contribution < 1.29 is 0 Å². The molecule has 276 valence electrons. The number of rotatable bonds is 10. The summed E-state index contributed by atoms with van der Waals surface area (Å²) in [4.78, 5) is 11.8. The van der Waals surface area contributed by atoms with Crippen LogP contribution in [0, 0.1) is 32.1 Å². The van der Waals surface area contributed by atoms with Gasteiger partial charge in [-0.2, -0.15) is 17.0 Å². The molecule has 0 amide bonds. The van der Waals surface area contributed by atoms with Gasteiger partial charge in [0.25, 0.3) is 0 Å². The van der Waals surface area contributed by atoms with Crippen LogP contribution < -0.4 is 11.1 Å². The van der Waals surface area contributed by atoms with Crippen LogP contribution in [-0.4, -0.2) is 59.5 Å². The Bertz CT molecular complexity index is 1720. The van der Waals surface area contributed by atoms with Gasteiger partial charge in [-0.3, -0.25) is 14.9 Å². The second-order valence-corrected chi connectivity index (χ2v) is 13.9. The Morgan fingerprint density at radius 3 is 2.63 bits per heavy atom. The third-order valence-corrected chi connectivity index (χ3v) is 10.8. The lowest BCUT2D eigenvalue weighted by Crippen LogP contribution is -2.43. The highest BCUT2D eigenvalue weighted by Crippen LogP contribution is 2.52. The first-order chi connectivity index (χ1) is 24.9. The summed E-state index contributed by atoms with van der Waals surface area (Å²) in [5, 5.41) is 4.83. The first-order valence-corrected chi connectivity index (χ1v) is 20.5. The first-order valence-electron chi connectivity index (χ1n) is 18.8. The van der Waals surface area contributed by atoms with Crippen molar-refractivity contribution in [3.05, 3.63) is 82.0 Å². The summed E-state index contributed by atoms with van der Waals surface area (Å²) in [6.45, 7) is 18.4. The van der Waals surface area contributed by atoms with E-state index in [1.165, 1.54) is 49.2 Å². The van der Waals surface area contributed by atoms with Gasteiger partial charge >= 0.3 is 0 Å². The number of nitrogens with one attached hydrogen (secondary N) is 1. The zero-order chi connectivity index (χ0) is 37.3. The fourth-order valence-corrected chi connectivity index (χ4v) is 8.29. The summed E-state index contributed by atoms with van der Waals surface area (Å²) in [7, 11) is 1.86. The molecule has 51 heavy (non-hydrogen) atoms. The Labute approximate surface area is 318 Å². The number of pyridine rings is 1. The smallest absolute Gasteiger partial charge is 0.0742 e. The van der Waals surface area contributed by atoms with Gasteiger partial charge in [0, 0.05) is 80.7 Å². The number of hydrogen-bond acceptors (Lipinski definition) is 8. The molecule has 0 saturated carbocycles. The van der Waals surface area contributed by atoms with Crippen LogP contribution in [0.15, 0.2) is 58.9 Å². The number of aromatic nitrogens is 2. The number of piperazine rings is 1. The number of aliphatic imine (C=N–C) groups is 1. The quantitative estimate of drug-likeness (QED) is 0.110. The van der Waals surface area contributed by atoms with Gasteiger partial charge in [0.05, 0.1) is 10.4 Å². The van der Waals surface area contributed by atoms with Crippen LogP contribution in [0.5, 0.6) is 0 Å². The predicted molar refractivity (Wildman–Crippen MR) is 227 cm³/mol. The van der Waals surface area contributed by atoms with Gasteiger partial charge in [-0.15, -0.1) is 12.3 Å². The van der Waals surface area contributed by atoms with E-state index in [2.05, 4.69) is 85.7 Å². The number of aryl methyl sites for hydroxylation is 1. The van der Waals surface area contributed by atoms with Gasteiger partial charge in [-0.05, 0) is 116 Å². The van der Waals surface area contributed by atoms with E-state index in [9.17, 15) is 0 Å². The lowest BCUT2D eigenvalue weighted by Gasteiger charge is -2.34. The van der Waals surface area contributed by atoms with Gasteiger partial charge in [-0.25, -0.2) is 0 Å². The minimum absolute atomic E-state index is 0.253. The topological polar surface area (TPSA) is 79.4 Å². The molecule has 3 heterocycles. The fourth-order valence-electron chi connectivity index (χ4n) is 7.49. The van der Waals surface area contributed by atoms with Crippen LogP contribution in [0.2, 0.25) is 0 Å². The zero-order valence-electron chi connectivity index (χ0n) is 32.5. The Morgan fingerprint density at radius 2 is 1.98 bits per heavy atom. The van der Waals surface area contributed by atoms with Crippen molar-refractivity contribution >= 4 is 40.0 Å². The average molecular weight is 727 g/mol. The van der Waals surface area contributed by atoms with Crippen molar-refractivity contribution in [2.24, 2.45) is 16.6 Å². The monoisotopic (exact) mass is 726 g/mol. The van der Waals surface area contributed by atoms with Crippen LogP contribution in [0.4, 0.5) is 0 Å². The maximum Gasteiger partial charge on any atom is 0.0742 e. The van der Waals surface area contributed by atoms with Gasteiger partial charge in [0.15, 0.2) is 0 Å². The molecule has 2 unspecified atom stereocenters. The van der Waals surface area contributed by atoms with Crippen molar-refractivity contribution in [3.8, 4) is 23.5 Å². The van der Waals surface area contributed by atoms with E-state index in [0.29, 0.717) is 5.92 Å². The van der Waals surface area contributed by atoms with E-state index in [1.807, 2.05) is 33.2 Å². The average Bonchev–Trinajstić information content (AvgIpc) is 3.59. The molecule has 2 aromatic heterocycles. The van der Waals surface area contributed by atoms with Crippen LogP contribution in [0.1, 0.15) is 107 Å². The summed E-state index contributed by atoms with van der Waals surface area (Å²) in [6, 6.07) is 4.78. The summed E-state index contributed by atoms with van der Waals surface area (Å²) in [5.41, 5.74) is 19.2. The largest absolute Gasteiger partial charge is 0.405 e. The van der Waals surface area contributed by atoms with E-state index in [1.54, 1.807) is 29.6 Å². The molecule has 3 aromatic rings. The molecular weight excluding hydrogens is 665 g/mol. The molecule has 2 atom stereocenters. The maximum absolute atomic E-state index is 5.67. The van der Waals surface area contributed by atoms with E-state index < -0.39 is 0 Å². The van der Waals surface area contributed by atoms with Crippen molar-refractivity contribution in [1.29, 1.82) is 0 Å². The molecule has 0 radical (unpaired) electrons. The molecule has 3 aliphatic rings. The van der Waals surface area contributed by atoms with E-state index in [4.69, 9.17) is 21.5 Å². The summed E-state index contributed by atoms with van der Waals surface area (Å²) in [5.74, 6) is 3.17. The van der Waals surface area contributed by atoms with Crippen molar-refractivity contribution in [1.82, 2.24) is 19.6 Å². The number of fused-ring (bicyclic) bond motifs is 2. The predicted octanol–water partition coefficient (Wildman–Crippen LogP) is 9.81. The highest BCUT2D eigenvalue weighted by atomic mass is 32.1. The van der Waals surface area contributed by atoms with Crippen LogP contribution in [0.25, 0.3) is 21.2 Å². The Balaban J connectivity index is 0.000000709. The Kier molecular flexibility index (Phi) is 18.2. The summed E-state index contributed by atoms with van der Waals surface area (Å²) >= 11 is 5.14. The van der Waals surface area contributed by atoms with Gasteiger partial charge in [0.1, 0.15) is 0 Å². The van der Waals surface area contributed by atoms with Crippen LogP contribution in [-0.2, 0) is 6.54 Å². The standard InChI is InChI=1S/C35H44N6S.C5H8.C2H6.CH4S/c1-22(19-26-8-6-5-7-25(26)9-11-28(37-4)13-14-36)31-32-23(2)27(21-41-17-15-38-16-18-41)10-12-29(32)33-24(3)39-20-30-34(33)35(31)40-42-30;1-3-5-4-2;2*1-2/h6,8,10,12-14,20,22,31,38H,5,7,9,11,15-19,21,36H2,1-4H3;1H,4-5H2,2H3;1-2H3;2H,1H3/b14-13-,37-28?;;;. The second-order valence-electron chi connectivity index (χ2n) is 13.1. The maximum atomic E-state index is 5.67. The van der Waals surface area contributed by atoms with Crippen molar-refractivity contribution in [3.63, 3.8) is 0 Å². The zero-order valence-corrected chi connectivity index (χ0v) is 34.2. The number of benzene rings is 1. The molecule has 3 N–H and O–H groups in total. The Morgan fingerprint density at radius 1 is 1.24 bits per heavy atom. The molecule has 8 heteroatoms. The van der Waals surface area contributed by atoms with Gasteiger partial charge in [0.2, 0.25) is 0 Å². The minimum Gasteiger partial charge on any atom is -0.405 e. The SMILES string of the molecule is C#CCCC.CC.CN=C(/C=C\N)CCC1=C(CC(C)C2c3c(ccc(CN4CCNCC4)c3C)-c3c(C)ncc4snc2c34)C=CCC1.CS. The van der Waals surface area contributed by atoms with Crippen molar-refractivity contribution in [2.75, 3.05) is 39.5 Å². The lowest BCUT2D eigenvalue weighted by molar-refractivity contribution is 0.232. The summed E-state index contributed by atoms with van der Waals surface area (Å²) < 4.78 is 6.37. The fraction of sp³-hybridized carbons (Fsp3) is 0.512. The number of terminal acetylenes is 1. The minimum atomic E-state index is 0.253. The third kappa shape index (κ3) is 10.4. The molecule has 0 spiro atoms. The van der Waals surface area contributed by atoms with Gasteiger partial charge in [-0.1, -0.05) is 57.6 Å². The number of thiol groups is 1. The molecule has 6 rings (SSSR count). The van der Waals surface area contributed by atoms with E-state index in [0.717, 1.165) is 89.1 Å². The number of allylic oxidation sites excluding steroid dienone is 5. The second kappa shape index (κ2) is 22.0. The number of nitrogens with two attached hydrogens (primary N) is 1. The molecule has 6 nitrogen and oxygen atoms in total. The normalized spacial score (nSPS) is 17.4. The van der Waals surface area contributed by atoms with Crippen LogP contribution >= 0.6 is 24.2 Å². The lowest BCUT2D eigenvalue weighted by atomic mass is 9.70. The van der Waals surface area contributed by atoms with Gasteiger partial charge < -0.3 is 11.1 Å². The highest BCUT2D eigenvalue weighted by Gasteiger charge is 2.36. The first kappa shape index (κ1) is 42.2. The number of hydrogen-bond donors (Lipinski definition) is 3. The molecule has 0 bridgehead atoms. The molecule has 1 aliphatic heterocycles. The highest BCUT2D eigenvalue weighted by molar-refractivity contribution is 7.79. The third-order valence-electron chi connectivity index (χ3n) is 9.99. The summed E-state index contributed by atoms with van der Waals surface area (Å²) in [6.07, 6.45) is 24.2. The van der Waals surface area contributed by atoms with E-state index >= 15 is 0 Å². The molecule has 1 fully saturated rings. The van der Waals surface area contributed by atoms with Crippen molar-refractivity contribution in [2.45, 2.75) is 99.0 Å². The Hall–Kier alpha value is -3.22. The van der Waals surface area contributed by atoms with Crippen LogP contribution in [0.3, 0.4) is 0 Å². The molecule has 1 saturated heterocycles. The molecule has 2 aliphatic carbocycles. The number of nitrogens with zero attached hydrogens (tertiary/aromatic N) is 4.